The molecule has 0 unspecified atom stereocenters. The Labute approximate surface area is 319 Å². The zero-order valence-corrected chi connectivity index (χ0v) is 32.1. The molecule has 54 heavy (non-hydrogen) atoms. The number of thiazole rings is 2. The molecular weight excluding hydrogens is 741 g/mol. The fourth-order valence-electron chi connectivity index (χ4n) is 6.67. The van der Waals surface area contributed by atoms with Crippen LogP contribution in [0.1, 0.15) is 62.3 Å². The van der Waals surface area contributed by atoms with Crippen molar-refractivity contribution in [3.8, 4) is 31.2 Å². The SMILES string of the molecule is COCC[C@H](NC(=O)OC)C(=O)N1CCC[C@@H]1c1ncc(-c2ncc(-c3cnc(-c4cnc([C@H]5CCCN5C(=O)[C@H](CCOC)NC(=O)OC)[nH]4)s3)s2)[nH]1. The summed E-state index contributed by atoms with van der Waals surface area (Å²) in [5.41, 5.74) is 1.46. The maximum atomic E-state index is 13.5. The van der Waals surface area contributed by atoms with Crippen LogP contribution in [-0.4, -0.2) is 131 Å². The molecule has 0 aromatic carbocycles. The Morgan fingerprint density at radius 2 is 1.13 bits per heavy atom. The van der Waals surface area contributed by atoms with Crippen molar-refractivity contribution in [2.45, 2.75) is 62.7 Å². The molecule has 2 aliphatic rings. The van der Waals surface area contributed by atoms with Crippen LogP contribution < -0.4 is 10.6 Å². The van der Waals surface area contributed by atoms with Gasteiger partial charge in [0.25, 0.3) is 0 Å². The minimum Gasteiger partial charge on any atom is -0.453 e. The van der Waals surface area contributed by atoms with Gasteiger partial charge in [0, 0.05) is 65.8 Å². The van der Waals surface area contributed by atoms with Gasteiger partial charge in [-0.05, 0) is 25.7 Å². The summed E-state index contributed by atoms with van der Waals surface area (Å²) in [5, 5.41) is 6.74. The van der Waals surface area contributed by atoms with E-state index >= 15 is 0 Å². The maximum absolute atomic E-state index is 13.5. The monoisotopic (exact) mass is 784 g/mol. The Kier molecular flexibility index (Phi) is 12.9. The number of hydrogen-bond donors (Lipinski definition) is 4. The highest BCUT2D eigenvalue weighted by Gasteiger charge is 2.38. The first-order valence-electron chi connectivity index (χ1n) is 17.5. The van der Waals surface area contributed by atoms with Crippen LogP contribution in [0.2, 0.25) is 0 Å². The van der Waals surface area contributed by atoms with Crippen molar-refractivity contribution in [3.63, 3.8) is 0 Å². The Bertz CT molecular complexity index is 1770. The second kappa shape index (κ2) is 17.9. The van der Waals surface area contributed by atoms with Gasteiger partial charge in [0.1, 0.15) is 33.7 Å². The molecule has 4 amide bonds. The largest absolute Gasteiger partial charge is 0.453 e. The Morgan fingerprint density at radius 3 is 1.52 bits per heavy atom. The number of likely N-dealkylation sites (tertiary alicyclic amines) is 2. The van der Waals surface area contributed by atoms with Gasteiger partial charge in [-0.15, -0.1) is 22.7 Å². The summed E-state index contributed by atoms with van der Waals surface area (Å²) in [5.74, 6) is 0.875. The molecule has 2 aliphatic heterocycles. The number of carbonyl (C=O) groups excluding carboxylic acids is 4. The molecule has 4 aromatic rings. The van der Waals surface area contributed by atoms with Crippen LogP contribution in [0.3, 0.4) is 0 Å². The predicted molar refractivity (Wildman–Crippen MR) is 197 cm³/mol. The van der Waals surface area contributed by atoms with Crippen LogP contribution in [0.5, 0.6) is 0 Å². The first-order valence-corrected chi connectivity index (χ1v) is 19.2. The lowest BCUT2D eigenvalue weighted by Gasteiger charge is -2.28. The summed E-state index contributed by atoms with van der Waals surface area (Å²) in [4.78, 5) is 81.6. The number of nitrogens with zero attached hydrogens (tertiary/aromatic N) is 6. The highest BCUT2D eigenvalue weighted by molar-refractivity contribution is 7.24. The number of imidazole rings is 2. The number of methoxy groups -OCH3 is 4. The topological polar surface area (TPSA) is 219 Å². The highest BCUT2D eigenvalue weighted by atomic mass is 32.1. The van der Waals surface area contributed by atoms with Gasteiger partial charge in [0.2, 0.25) is 11.8 Å². The normalized spacial score (nSPS) is 18.1. The number of aromatic nitrogens is 6. The third-order valence-corrected chi connectivity index (χ3v) is 11.6. The van der Waals surface area contributed by atoms with E-state index in [9.17, 15) is 19.2 Å². The molecular formula is C34H44N10O8S2. The first kappa shape index (κ1) is 38.8. The Hall–Kier alpha value is -4.92. The van der Waals surface area contributed by atoms with Gasteiger partial charge in [0.05, 0.1) is 59.8 Å². The van der Waals surface area contributed by atoms with Gasteiger partial charge in [0.15, 0.2) is 0 Å². The summed E-state index contributed by atoms with van der Waals surface area (Å²) in [6.45, 7) is 1.69. The number of H-pyrrole nitrogens is 2. The minimum atomic E-state index is -0.783. The zero-order chi connectivity index (χ0) is 38.2. The van der Waals surface area contributed by atoms with Crippen molar-refractivity contribution in [2.24, 2.45) is 0 Å². The zero-order valence-electron chi connectivity index (χ0n) is 30.5. The van der Waals surface area contributed by atoms with Gasteiger partial charge in [-0.25, -0.2) is 29.5 Å². The molecule has 4 N–H and O–H groups in total. The van der Waals surface area contributed by atoms with Crippen LogP contribution in [0, 0.1) is 0 Å². The van der Waals surface area contributed by atoms with E-state index < -0.39 is 24.3 Å². The lowest BCUT2D eigenvalue weighted by molar-refractivity contribution is -0.135. The molecule has 4 aromatic heterocycles. The average molecular weight is 785 g/mol. The molecule has 2 saturated heterocycles. The predicted octanol–water partition coefficient (Wildman–Crippen LogP) is 3.90. The highest BCUT2D eigenvalue weighted by Crippen LogP contribution is 2.39. The van der Waals surface area contributed by atoms with Gasteiger partial charge >= 0.3 is 12.2 Å². The lowest BCUT2D eigenvalue weighted by atomic mass is 10.1. The van der Waals surface area contributed by atoms with E-state index in [-0.39, 0.29) is 23.9 Å². The number of hydrogen-bond acceptors (Lipinski definition) is 14. The number of rotatable bonds is 15. The Balaban J connectivity index is 1.12. The van der Waals surface area contributed by atoms with E-state index in [1.807, 2.05) is 0 Å². The lowest BCUT2D eigenvalue weighted by Crippen LogP contribution is -2.49. The van der Waals surface area contributed by atoms with Crippen LogP contribution in [0.15, 0.2) is 24.8 Å². The van der Waals surface area contributed by atoms with Crippen LogP contribution in [0.4, 0.5) is 9.59 Å². The number of amides is 4. The van der Waals surface area contributed by atoms with E-state index in [0.29, 0.717) is 50.8 Å². The fourth-order valence-corrected chi connectivity index (χ4v) is 8.50. The molecule has 6 rings (SSSR count). The van der Waals surface area contributed by atoms with Crippen molar-refractivity contribution < 1.29 is 38.1 Å². The molecule has 6 heterocycles. The third-order valence-electron chi connectivity index (χ3n) is 9.38. The minimum absolute atomic E-state index is 0.214. The standard InChI is InChI=1S/C34H44N10O8S2/c1-49-13-9-19(41-33(47)51-3)31(45)43-11-5-7-23(43)27-35-15-21(39-27)29-37-17-25(53-29)26-18-38-30(54-26)22-16-36-28(40-22)24-8-6-12-44(24)32(46)20(10-14-50-2)42-34(48)52-4/h15-20,23-24H,5-14H2,1-4H3,(H,35,39)(H,36,40)(H,41,47)(H,42,48)/t19-,20-,23+,24+/m0/s1. The summed E-state index contributed by atoms with van der Waals surface area (Å²) in [7, 11) is 5.61. The van der Waals surface area contributed by atoms with E-state index in [1.165, 1.54) is 36.9 Å². The van der Waals surface area contributed by atoms with Crippen molar-refractivity contribution in [2.75, 3.05) is 54.7 Å². The van der Waals surface area contributed by atoms with Crippen molar-refractivity contribution in [3.05, 3.63) is 36.4 Å². The van der Waals surface area contributed by atoms with Gasteiger partial charge in [-0.3, -0.25) is 9.59 Å². The molecule has 0 bridgehead atoms. The second-order valence-electron chi connectivity index (χ2n) is 12.7. The van der Waals surface area contributed by atoms with Gasteiger partial charge in [-0.2, -0.15) is 0 Å². The smallest absolute Gasteiger partial charge is 0.407 e. The quantitative estimate of drug-likeness (QED) is 0.135. The number of ether oxygens (including phenoxy) is 4. The third kappa shape index (κ3) is 8.72. The summed E-state index contributed by atoms with van der Waals surface area (Å²) in [6, 6.07) is -2.12. The van der Waals surface area contributed by atoms with Gasteiger partial charge < -0.3 is 49.3 Å². The average Bonchev–Trinajstić information content (AvgIpc) is 4.03. The molecule has 290 valence electrons. The summed E-state index contributed by atoms with van der Waals surface area (Å²) >= 11 is 2.98. The number of aromatic amines is 2. The molecule has 0 radical (unpaired) electrons. The summed E-state index contributed by atoms with van der Waals surface area (Å²) in [6.07, 6.45) is 9.38. The molecule has 20 heteroatoms. The Morgan fingerprint density at radius 1 is 0.704 bits per heavy atom. The van der Waals surface area contributed by atoms with E-state index in [0.717, 1.165) is 56.8 Å². The van der Waals surface area contributed by atoms with Crippen molar-refractivity contribution in [1.82, 2.24) is 50.3 Å². The number of carbonyl (C=O) groups is 4. The van der Waals surface area contributed by atoms with Gasteiger partial charge in [-0.1, -0.05) is 0 Å². The van der Waals surface area contributed by atoms with Crippen molar-refractivity contribution >= 4 is 46.7 Å². The van der Waals surface area contributed by atoms with Crippen LogP contribution >= 0.6 is 22.7 Å². The fraction of sp³-hybridized carbons (Fsp3) is 0.529. The second-order valence-corrected chi connectivity index (χ2v) is 14.8. The van der Waals surface area contributed by atoms with Crippen LogP contribution in [-0.2, 0) is 28.5 Å². The maximum Gasteiger partial charge on any atom is 0.407 e. The number of alkyl carbamates (subject to hydrolysis) is 2. The molecule has 0 spiro atoms. The molecule has 18 nitrogen and oxygen atoms in total. The number of nitrogens with one attached hydrogen (secondary N) is 4. The van der Waals surface area contributed by atoms with Crippen LogP contribution in [0.25, 0.3) is 31.2 Å². The van der Waals surface area contributed by atoms with Crippen molar-refractivity contribution in [1.29, 1.82) is 0 Å². The molecule has 0 saturated carbocycles. The summed E-state index contributed by atoms with van der Waals surface area (Å²) < 4.78 is 19.8. The van der Waals surface area contributed by atoms with E-state index in [2.05, 4.69) is 40.5 Å². The molecule has 2 fully saturated rings. The van der Waals surface area contributed by atoms with E-state index in [1.54, 1.807) is 48.8 Å². The molecule has 0 aliphatic carbocycles. The first-order chi connectivity index (χ1) is 26.2. The van der Waals surface area contributed by atoms with E-state index in [4.69, 9.17) is 18.9 Å². The molecule has 4 atom stereocenters.